The monoisotopic (exact) mass is 289 g/mol. The summed E-state index contributed by atoms with van der Waals surface area (Å²) in [6, 6.07) is 15.7. The van der Waals surface area contributed by atoms with E-state index >= 15 is 0 Å². The summed E-state index contributed by atoms with van der Waals surface area (Å²) in [7, 11) is 0. The van der Waals surface area contributed by atoms with E-state index in [1.54, 1.807) is 0 Å². The van der Waals surface area contributed by atoms with Crippen molar-refractivity contribution in [2.75, 3.05) is 0 Å². The molecule has 88 valence electrons. The summed E-state index contributed by atoms with van der Waals surface area (Å²) in [4.78, 5) is 4.64. The molecule has 0 amide bonds. The van der Waals surface area contributed by atoms with Crippen molar-refractivity contribution in [3.8, 4) is 10.6 Å². The molecule has 0 aliphatic carbocycles. The summed E-state index contributed by atoms with van der Waals surface area (Å²) < 4.78 is 0.821. The molecular weight excluding hydrogens is 282 g/mol. The van der Waals surface area contributed by atoms with Gasteiger partial charge in [-0.05, 0) is 18.2 Å². The van der Waals surface area contributed by atoms with Gasteiger partial charge in [0.15, 0.2) is 0 Å². The van der Waals surface area contributed by atoms with Crippen LogP contribution in [-0.2, 0) is 0 Å². The van der Waals surface area contributed by atoms with Crippen LogP contribution >= 0.6 is 35.2 Å². The molecular formula is C14H8ClNS2. The topological polar surface area (TPSA) is 12.9 Å². The van der Waals surface area contributed by atoms with Crippen molar-refractivity contribution in [2.45, 2.75) is 0 Å². The Hall–Kier alpha value is -1.29. The van der Waals surface area contributed by atoms with Crippen LogP contribution < -0.4 is 0 Å². The van der Waals surface area contributed by atoms with E-state index in [0.29, 0.717) is 5.02 Å². The van der Waals surface area contributed by atoms with Crippen molar-refractivity contribution in [3.05, 3.63) is 57.4 Å². The van der Waals surface area contributed by atoms with E-state index < -0.39 is 0 Å². The Bertz CT molecular complexity index is 766. The Balaban J connectivity index is 2.29. The third kappa shape index (κ3) is 2.17. The highest BCUT2D eigenvalue weighted by Crippen LogP contribution is 2.28. The summed E-state index contributed by atoms with van der Waals surface area (Å²) in [5.74, 6) is 0. The number of halogens is 1. The molecule has 0 aliphatic heterocycles. The van der Waals surface area contributed by atoms with Crippen LogP contribution in [0.4, 0.5) is 0 Å². The Morgan fingerprint density at radius 2 is 1.83 bits per heavy atom. The van der Waals surface area contributed by atoms with Gasteiger partial charge in [0.25, 0.3) is 0 Å². The summed E-state index contributed by atoms with van der Waals surface area (Å²) in [6.45, 7) is 0. The molecule has 4 heteroatoms. The Morgan fingerprint density at radius 3 is 2.61 bits per heavy atom. The zero-order valence-electron chi connectivity index (χ0n) is 9.26. The maximum atomic E-state index is 5.98. The van der Waals surface area contributed by atoms with Crippen LogP contribution in [0.3, 0.4) is 0 Å². The predicted octanol–water partition coefficient (Wildman–Crippen LogP) is 5.35. The van der Waals surface area contributed by atoms with Gasteiger partial charge in [-0.25, -0.2) is 4.98 Å². The number of hydrogen-bond donors (Lipinski definition) is 0. The number of benzene rings is 2. The van der Waals surface area contributed by atoms with Gasteiger partial charge in [-0.15, -0.1) is 11.3 Å². The lowest BCUT2D eigenvalue weighted by Crippen LogP contribution is -1.83. The van der Waals surface area contributed by atoms with Crippen LogP contribution in [-0.4, -0.2) is 4.98 Å². The van der Waals surface area contributed by atoms with Gasteiger partial charge in [-0.1, -0.05) is 54.2 Å². The average Bonchev–Trinajstić information content (AvgIpc) is 2.40. The summed E-state index contributed by atoms with van der Waals surface area (Å²) in [6.07, 6.45) is 0. The Kier molecular flexibility index (Phi) is 3.12. The molecule has 2 aromatic carbocycles. The van der Waals surface area contributed by atoms with Gasteiger partial charge >= 0.3 is 0 Å². The van der Waals surface area contributed by atoms with Crippen molar-refractivity contribution in [3.63, 3.8) is 0 Å². The van der Waals surface area contributed by atoms with E-state index in [4.69, 9.17) is 23.8 Å². The fraction of sp³-hybridized carbons (Fsp3) is 0. The standard InChI is InChI=1S/C14H8ClNS2/c15-10-6-7-12-11(8-10)14(17)18-13(16-12)9-4-2-1-3-5-9/h1-8H. The molecule has 0 radical (unpaired) electrons. The van der Waals surface area contributed by atoms with Gasteiger partial charge in [0.2, 0.25) is 0 Å². The van der Waals surface area contributed by atoms with Crippen molar-refractivity contribution in [1.82, 2.24) is 4.98 Å². The summed E-state index contributed by atoms with van der Waals surface area (Å²) >= 11 is 12.9. The molecule has 18 heavy (non-hydrogen) atoms. The van der Waals surface area contributed by atoms with Crippen LogP contribution in [0, 0.1) is 3.82 Å². The number of nitrogens with zero attached hydrogens (tertiary/aromatic N) is 1. The summed E-state index contributed by atoms with van der Waals surface area (Å²) in [5, 5.41) is 2.58. The molecule has 1 heterocycles. The quantitative estimate of drug-likeness (QED) is 0.560. The number of aromatic nitrogens is 1. The van der Waals surface area contributed by atoms with Gasteiger partial charge in [-0.3, -0.25) is 0 Å². The first-order chi connectivity index (χ1) is 8.74. The van der Waals surface area contributed by atoms with E-state index in [1.165, 1.54) is 11.3 Å². The minimum atomic E-state index is 0.690. The lowest BCUT2D eigenvalue weighted by atomic mass is 10.2. The highest BCUT2D eigenvalue weighted by molar-refractivity contribution is 7.74. The van der Waals surface area contributed by atoms with Crippen molar-refractivity contribution in [1.29, 1.82) is 0 Å². The van der Waals surface area contributed by atoms with Crippen LogP contribution in [0.5, 0.6) is 0 Å². The predicted molar refractivity (Wildman–Crippen MR) is 80.9 cm³/mol. The third-order valence-electron chi connectivity index (χ3n) is 2.61. The molecule has 3 rings (SSSR count). The lowest BCUT2D eigenvalue weighted by molar-refractivity contribution is 1.45. The molecule has 0 bridgehead atoms. The molecule has 1 aromatic heterocycles. The van der Waals surface area contributed by atoms with Crippen molar-refractivity contribution >= 4 is 46.1 Å². The minimum absolute atomic E-state index is 0.690. The van der Waals surface area contributed by atoms with E-state index in [1.807, 2.05) is 48.5 Å². The van der Waals surface area contributed by atoms with E-state index in [9.17, 15) is 0 Å². The molecule has 0 N–H and O–H groups in total. The number of rotatable bonds is 1. The van der Waals surface area contributed by atoms with Gasteiger partial charge < -0.3 is 0 Å². The maximum absolute atomic E-state index is 5.98. The van der Waals surface area contributed by atoms with Crippen molar-refractivity contribution in [2.24, 2.45) is 0 Å². The Morgan fingerprint density at radius 1 is 1.06 bits per heavy atom. The zero-order valence-corrected chi connectivity index (χ0v) is 11.6. The summed E-state index contributed by atoms with van der Waals surface area (Å²) in [5.41, 5.74) is 1.98. The highest BCUT2D eigenvalue weighted by Gasteiger charge is 2.04. The molecule has 0 fully saturated rings. The van der Waals surface area contributed by atoms with E-state index in [2.05, 4.69) is 4.98 Å². The average molecular weight is 290 g/mol. The van der Waals surface area contributed by atoms with Crippen LogP contribution in [0.1, 0.15) is 0 Å². The van der Waals surface area contributed by atoms with Crippen LogP contribution in [0.25, 0.3) is 21.5 Å². The van der Waals surface area contributed by atoms with Gasteiger partial charge in [-0.2, -0.15) is 0 Å². The molecule has 1 nitrogen and oxygen atoms in total. The maximum Gasteiger partial charge on any atom is 0.125 e. The molecule has 3 aromatic rings. The van der Waals surface area contributed by atoms with Gasteiger partial charge in [0, 0.05) is 16.0 Å². The molecule has 0 saturated carbocycles. The van der Waals surface area contributed by atoms with Gasteiger partial charge in [0.1, 0.15) is 8.83 Å². The van der Waals surface area contributed by atoms with Crippen molar-refractivity contribution < 1.29 is 0 Å². The minimum Gasteiger partial charge on any atom is -0.237 e. The van der Waals surface area contributed by atoms with Gasteiger partial charge in [0.05, 0.1) is 5.52 Å². The molecule has 0 spiro atoms. The molecule has 0 unspecified atom stereocenters. The van der Waals surface area contributed by atoms with Crippen LogP contribution in [0.2, 0.25) is 5.02 Å². The lowest BCUT2D eigenvalue weighted by Gasteiger charge is -2.03. The number of hydrogen-bond acceptors (Lipinski definition) is 3. The molecule has 0 atom stereocenters. The first-order valence-corrected chi connectivity index (χ1v) is 7.00. The second-order valence-electron chi connectivity index (χ2n) is 3.83. The first kappa shape index (κ1) is 11.8. The second-order valence-corrected chi connectivity index (χ2v) is 5.94. The number of fused-ring (bicyclic) bond motifs is 1. The molecule has 0 aliphatic rings. The largest absolute Gasteiger partial charge is 0.237 e. The van der Waals surface area contributed by atoms with E-state index in [0.717, 1.165) is 25.3 Å². The third-order valence-corrected chi connectivity index (χ3v) is 4.24. The second kappa shape index (κ2) is 4.76. The fourth-order valence-corrected chi connectivity index (χ4v) is 3.17. The van der Waals surface area contributed by atoms with Crippen LogP contribution in [0.15, 0.2) is 48.5 Å². The fourth-order valence-electron chi connectivity index (χ4n) is 1.75. The zero-order chi connectivity index (χ0) is 12.5. The first-order valence-electron chi connectivity index (χ1n) is 5.40. The van der Waals surface area contributed by atoms with E-state index in [-0.39, 0.29) is 0 Å². The normalized spacial score (nSPS) is 10.7. The Labute approximate surface area is 119 Å². The SMILES string of the molecule is S=c1sc(-c2ccccc2)nc2ccc(Cl)cc12. The highest BCUT2D eigenvalue weighted by atomic mass is 35.5. The smallest absolute Gasteiger partial charge is 0.125 e. The molecule has 0 saturated heterocycles.